The van der Waals surface area contributed by atoms with Crippen LogP contribution < -0.4 is 10.6 Å². The van der Waals surface area contributed by atoms with Crippen LogP contribution in [0.15, 0.2) is 42.5 Å². The van der Waals surface area contributed by atoms with Crippen LogP contribution in [0.3, 0.4) is 0 Å². The van der Waals surface area contributed by atoms with Crippen molar-refractivity contribution in [1.29, 1.82) is 0 Å². The van der Waals surface area contributed by atoms with Crippen molar-refractivity contribution >= 4 is 11.6 Å². The molecule has 0 saturated heterocycles. The molecule has 1 aliphatic carbocycles. The summed E-state index contributed by atoms with van der Waals surface area (Å²) in [5.74, 6) is 0.0104. The molecule has 1 amide bonds. The van der Waals surface area contributed by atoms with Crippen molar-refractivity contribution in [2.45, 2.75) is 13.3 Å². The van der Waals surface area contributed by atoms with Gasteiger partial charge in [0.05, 0.1) is 0 Å². The van der Waals surface area contributed by atoms with E-state index in [9.17, 15) is 4.79 Å². The lowest BCUT2D eigenvalue weighted by Crippen LogP contribution is -2.26. The van der Waals surface area contributed by atoms with E-state index >= 15 is 0 Å². The summed E-state index contributed by atoms with van der Waals surface area (Å²) in [6, 6.07) is 15.1. The molecular formula is C17H18N2O. The minimum atomic E-state index is 0.0104. The number of hydrogen-bond donors (Lipinski definition) is 2. The van der Waals surface area contributed by atoms with Crippen LogP contribution in [0.2, 0.25) is 0 Å². The molecule has 20 heavy (non-hydrogen) atoms. The molecule has 0 spiro atoms. The number of benzene rings is 2. The molecule has 0 bridgehead atoms. The Morgan fingerprint density at radius 1 is 1.05 bits per heavy atom. The molecule has 102 valence electrons. The number of rotatable bonds is 4. The molecule has 0 radical (unpaired) electrons. The largest absolute Gasteiger partial charge is 0.383 e. The van der Waals surface area contributed by atoms with Gasteiger partial charge >= 0.3 is 0 Å². The van der Waals surface area contributed by atoms with E-state index in [1.165, 1.54) is 29.2 Å². The summed E-state index contributed by atoms with van der Waals surface area (Å²) in [4.78, 5) is 10.8. The van der Waals surface area contributed by atoms with Gasteiger partial charge in [0.2, 0.25) is 5.91 Å². The van der Waals surface area contributed by atoms with Gasteiger partial charge in [-0.25, -0.2) is 0 Å². The molecule has 0 unspecified atom stereocenters. The van der Waals surface area contributed by atoms with E-state index in [4.69, 9.17) is 0 Å². The van der Waals surface area contributed by atoms with Gasteiger partial charge in [-0.2, -0.15) is 0 Å². The molecule has 3 nitrogen and oxygen atoms in total. The van der Waals surface area contributed by atoms with Crippen molar-refractivity contribution in [3.05, 3.63) is 53.6 Å². The molecule has 3 rings (SSSR count). The SMILES string of the molecule is CC(=O)NCCNc1ccc2c(c1)Cc1ccccc1-2. The zero-order valence-corrected chi connectivity index (χ0v) is 11.6. The van der Waals surface area contributed by atoms with Crippen LogP contribution in [-0.4, -0.2) is 19.0 Å². The highest BCUT2D eigenvalue weighted by molar-refractivity contribution is 5.78. The van der Waals surface area contributed by atoms with Crippen LogP contribution in [-0.2, 0) is 11.2 Å². The summed E-state index contributed by atoms with van der Waals surface area (Å²) in [6.07, 6.45) is 1.01. The van der Waals surface area contributed by atoms with Crippen molar-refractivity contribution in [2.24, 2.45) is 0 Å². The number of fused-ring (bicyclic) bond motifs is 3. The predicted molar refractivity (Wildman–Crippen MR) is 81.9 cm³/mol. The maximum atomic E-state index is 10.8. The Morgan fingerprint density at radius 2 is 1.85 bits per heavy atom. The van der Waals surface area contributed by atoms with E-state index in [2.05, 4.69) is 53.1 Å². The highest BCUT2D eigenvalue weighted by Crippen LogP contribution is 2.37. The third-order valence-electron chi connectivity index (χ3n) is 3.62. The van der Waals surface area contributed by atoms with Crippen molar-refractivity contribution in [3.8, 4) is 11.1 Å². The zero-order chi connectivity index (χ0) is 13.9. The highest BCUT2D eigenvalue weighted by Gasteiger charge is 2.17. The van der Waals surface area contributed by atoms with E-state index in [0.717, 1.165) is 18.7 Å². The van der Waals surface area contributed by atoms with Gasteiger partial charge in [0, 0.05) is 25.7 Å². The molecule has 2 aromatic carbocycles. The van der Waals surface area contributed by atoms with E-state index in [1.54, 1.807) is 0 Å². The average molecular weight is 266 g/mol. The Balaban J connectivity index is 1.69. The average Bonchev–Trinajstić information content (AvgIpc) is 2.81. The molecule has 2 N–H and O–H groups in total. The van der Waals surface area contributed by atoms with Crippen LogP contribution in [0.4, 0.5) is 5.69 Å². The Kier molecular flexibility index (Phi) is 3.42. The van der Waals surface area contributed by atoms with Gasteiger partial charge in [0.1, 0.15) is 0 Å². The summed E-state index contributed by atoms with van der Waals surface area (Å²) in [5.41, 5.74) is 6.58. The van der Waals surface area contributed by atoms with Crippen molar-refractivity contribution in [1.82, 2.24) is 5.32 Å². The molecule has 2 aromatic rings. The normalized spacial score (nSPS) is 11.7. The molecule has 0 aromatic heterocycles. The lowest BCUT2D eigenvalue weighted by molar-refractivity contribution is -0.118. The van der Waals surface area contributed by atoms with Gasteiger partial charge in [-0.1, -0.05) is 30.3 Å². The number of amides is 1. The second-order valence-corrected chi connectivity index (χ2v) is 5.12. The standard InChI is InChI=1S/C17H18N2O/c1-12(20)18-8-9-19-15-6-7-17-14(11-15)10-13-4-2-3-5-16(13)17/h2-7,11,19H,8-10H2,1H3,(H,18,20). The van der Waals surface area contributed by atoms with E-state index in [-0.39, 0.29) is 5.91 Å². The lowest BCUT2D eigenvalue weighted by Gasteiger charge is -2.09. The van der Waals surface area contributed by atoms with Crippen LogP contribution in [0.25, 0.3) is 11.1 Å². The summed E-state index contributed by atoms with van der Waals surface area (Å²) in [5, 5.41) is 6.12. The Bertz CT molecular complexity index is 649. The second kappa shape index (κ2) is 5.37. The summed E-state index contributed by atoms with van der Waals surface area (Å²) < 4.78 is 0. The first-order valence-corrected chi connectivity index (χ1v) is 6.93. The van der Waals surface area contributed by atoms with Crippen LogP contribution in [0, 0.1) is 0 Å². The molecule has 0 aliphatic heterocycles. The van der Waals surface area contributed by atoms with E-state index in [0.29, 0.717) is 6.54 Å². The third kappa shape index (κ3) is 2.52. The fourth-order valence-corrected chi connectivity index (χ4v) is 2.70. The van der Waals surface area contributed by atoms with Crippen molar-refractivity contribution in [3.63, 3.8) is 0 Å². The number of hydrogen-bond acceptors (Lipinski definition) is 2. The Morgan fingerprint density at radius 3 is 2.70 bits per heavy atom. The van der Waals surface area contributed by atoms with Crippen LogP contribution in [0.1, 0.15) is 18.1 Å². The van der Waals surface area contributed by atoms with Gasteiger partial charge in [-0.05, 0) is 40.8 Å². The maximum Gasteiger partial charge on any atom is 0.216 e. The number of nitrogens with one attached hydrogen (secondary N) is 2. The zero-order valence-electron chi connectivity index (χ0n) is 11.6. The number of carbonyl (C=O) groups excluding carboxylic acids is 1. The minimum Gasteiger partial charge on any atom is -0.383 e. The fraction of sp³-hybridized carbons (Fsp3) is 0.235. The predicted octanol–water partition coefficient (Wildman–Crippen LogP) is 2.81. The summed E-state index contributed by atoms with van der Waals surface area (Å²) in [7, 11) is 0. The van der Waals surface area contributed by atoms with Gasteiger partial charge < -0.3 is 10.6 Å². The third-order valence-corrected chi connectivity index (χ3v) is 3.62. The minimum absolute atomic E-state index is 0.0104. The number of anilines is 1. The van der Waals surface area contributed by atoms with E-state index < -0.39 is 0 Å². The van der Waals surface area contributed by atoms with Crippen LogP contribution >= 0.6 is 0 Å². The van der Waals surface area contributed by atoms with Gasteiger partial charge in [-0.15, -0.1) is 0 Å². The maximum absolute atomic E-state index is 10.8. The lowest BCUT2D eigenvalue weighted by atomic mass is 10.1. The monoisotopic (exact) mass is 266 g/mol. The van der Waals surface area contributed by atoms with E-state index in [1.807, 2.05) is 0 Å². The molecule has 0 saturated carbocycles. The highest BCUT2D eigenvalue weighted by atomic mass is 16.1. The first-order valence-electron chi connectivity index (χ1n) is 6.93. The fourth-order valence-electron chi connectivity index (χ4n) is 2.70. The quantitative estimate of drug-likeness (QED) is 0.713. The Hall–Kier alpha value is -2.29. The smallest absolute Gasteiger partial charge is 0.216 e. The number of carbonyl (C=O) groups is 1. The molecule has 0 fully saturated rings. The van der Waals surface area contributed by atoms with Crippen molar-refractivity contribution < 1.29 is 4.79 Å². The first-order chi connectivity index (χ1) is 9.74. The second-order valence-electron chi connectivity index (χ2n) is 5.12. The molecular weight excluding hydrogens is 248 g/mol. The Labute approximate surface area is 119 Å². The first kappa shape index (κ1) is 12.7. The van der Waals surface area contributed by atoms with Crippen LogP contribution in [0.5, 0.6) is 0 Å². The van der Waals surface area contributed by atoms with Gasteiger partial charge in [0.25, 0.3) is 0 Å². The van der Waals surface area contributed by atoms with Gasteiger partial charge in [-0.3, -0.25) is 4.79 Å². The summed E-state index contributed by atoms with van der Waals surface area (Å²) >= 11 is 0. The topological polar surface area (TPSA) is 41.1 Å². The molecule has 0 atom stereocenters. The molecule has 1 aliphatic rings. The summed E-state index contributed by atoms with van der Waals surface area (Å²) in [6.45, 7) is 2.92. The van der Waals surface area contributed by atoms with Crippen molar-refractivity contribution in [2.75, 3.05) is 18.4 Å². The molecule has 3 heteroatoms. The van der Waals surface area contributed by atoms with Gasteiger partial charge in [0.15, 0.2) is 0 Å². The molecule has 0 heterocycles.